The first-order valence-corrected chi connectivity index (χ1v) is 12.3. The van der Waals surface area contributed by atoms with Crippen molar-refractivity contribution in [2.24, 2.45) is 0 Å². The van der Waals surface area contributed by atoms with E-state index < -0.39 is 46.2 Å². The number of hydrogen-bond acceptors (Lipinski definition) is 3. The number of carbonyl (C=O) groups excluding carboxylic acids is 1. The lowest BCUT2D eigenvalue weighted by Crippen LogP contribution is -2.12. The lowest BCUT2D eigenvalue weighted by atomic mass is 9.98. The predicted molar refractivity (Wildman–Crippen MR) is 134 cm³/mol. The fraction of sp³-hybridized carbons (Fsp3) is 0.0741. The first-order valence-electron chi connectivity index (χ1n) is 11.2. The Morgan fingerprint density at radius 1 is 0.725 bits per heavy atom. The summed E-state index contributed by atoms with van der Waals surface area (Å²) >= 11 is 0. The minimum Gasteiger partial charge on any atom is -0.506 e. The van der Waals surface area contributed by atoms with Crippen LogP contribution < -0.4 is 10.0 Å². The fourth-order valence-corrected chi connectivity index (χ4v) is 4.42. The molecule has 40 heavy (non-hydrogen) atoms. The first-order chi connectivity index (χ1) is 18.7. The van der Waals surface area contributed by atoms with Crippen molar-refractivity contribution < 1.29 is 44.8 Å². The van der Waals surface area contributed by atoms with Crippen LogP contribution in [0.2, 0.25) is 0 Å². The van der Waals surface area contributed by atoms with E-state index in [1.165, 1.54) is 54.6 Å². The van der Waals surface area contributed by atoms with Crippen LogP contribution in [-0.4, -0.2) is 15.2 Å². The molecule has 1 amide bonds. The number of phenols is 1. The summed E-state index contributed by atoms with van der Waals surface area (Å²) in [5, 5.41) is 12.6. The molecule has 0 radical (unpaired) electrons. The van der Waals surface area contributed by atoms with Crippen molar-refractivity contribution in [3.05, 3.63) is 107 Å². The minimum atomic E-state index is -5.00. The SMILES string of the molecule is O=C(Nc1ccc(O)c(NS(=O)c2ccc(F)cc2)c1)c1ccc(-c2cc(C(F)(F)F)cc(C(F)(F)F)c2)cc1. The number of phenolic OH excluding ortho intramolecular Hbond substituents is 1. The zero-order valence-corrected chi connectivity index (χ0v) is 20.7. The van der Waals surface area contributed by atoms with Gasteiger partial charge in [-0.2, -0.15) is 26.3 Å². The van der Waals surface area contributed by atoms with Gasteiger partial charge in [0, 0.05) is 11.3 Å². The molecule has 1 atom stereocenters. The number of aromatic hydroxyl groups is 1. The van der Waals surface area contributed by atoms with Gasteiger partial charge in [-0.15, -0.1) is 0 Å². The Morgan fingerprint density at radius 3 is 1.85 bits per heavy atom. The summed E-state index contributed by atoms with van der Waals surface area (Å²) in [4.78, 5) is 12.9. The molecule has 0 aliphatic rings. The van der Waals surface area contributed by atoms with Crippen molar-refractivity contribution in [3.8, 4) is 16.9 Å². The van der Waals surface area contributed by atoms with Gasteiger partial charge in [0.25, 0.3) is 5.91 Å². The van der Waals surface area contributed by atoms with Gasteiger partial charge in [0.05, 0.1) is 21.7 Å². The van der Waals surface area contributed by atoms with Crippen LogP contribution in [0, 0.1) is 5.82 Å². The highest BCUT2D eigenvalue weighted by Crippen LogP contribution is 2.38. The first kappa shape index (κ1) is 28.6. The van der Waals surface area contributed by atoms with E-state index in [0.717, 1.165) is 12.1 Å². The van der Waals surface area contributed by atoms with Crippen LogP contribution in [-0.2, 0) is 23.3 Å². The number of halogens is 7. The highest BCUT2D eigenvalue weighted by molar-refractivity contribution is 7.86. The van der Waals surface area contributed by atoms with Crippen molar-refractivity contribution in [2.45, 2.75) is 17.2 Å². The maximum absolute atomic E-state index is 13.2. The second-order valence-electron chi connectivity index (χ2n) is 8.38. The number of benzene rings is 4. The third-order valence-corrected chi connectivity index (χ3v) is 6.66. The second kappa shape index (κ2) is 11.0. The zero-order valence-electron chi connectivity index (χ0n) is 19.9. The molecule has 208 valence electrons. The molecule has 3 N–H and O–H groups in total. The monoisotopic (exact) mass is 582 g/mol. The molecular formula is C27H17F7N2O3S. The molecule has 5 nitrogen and oxygen atoms in total. The zero-order chi connectivity index (χ0) is 29.2. The van der Waals surface area contributed by atoms with E-state index in [1.54, 1.807) is 0 Å². The Labute approximate surface area is 224 Å². The molecule has 1 unspecified atom stereocenters. The molecule has 13 heteroatoms. The molecule has 0 spiro atoms. The summed E-state index contributed by atoms with van der Waals surface area (Å²) in [7, 11) is -1.88. The van der Waals surface area contributed by atoms with E-state index in [-0.39, 0.29) is 44.8 Å². The summed E-state index contributed by atoms with van der Waals surface area (Å²) in [5.41, 5.74) is -3.05. The van der Waals surface area contributed by atoms with Gasteiger partial charge in [0.15, 0.2) is 0 Å². The lowest BCUT2D eigenvalue weighted by Gasteiger charge is -2.14. The summed E-state index contributed by atoms with van der Waals surface area (Å²) in [5.74, 6) is -1.50. The Hall–Kier alpha value is -4.39. The van der Waals surface area contributed by atoms with E-state index in [0.29, 0.717) is 12.1 Å². The molecular weight excluding hydrogens is 565 g/mol. The van der Waals surface area contributed by atoms with Gasteiger partial charge in [-0.25, -0.2) is 8.60 Å². The van der Waals surface area contributed by atoms with E-state index in [4.69, 9.17) is 0 Å². The second-order valence-corrected chi connectivity index (χ2v) is 9.60. The number of anilines is 2. The predicted octanol–water partition coefficient (Wildman–Crippen LogP) is 7.62. The molecule has 0 bridgehead atoms. The average Bonchev–Trinajstić information content (AvgIpc) is 2.89. The number of amides is 1. The van der Waals surface area contributed by atoms with Gasteiger partial charge in [0.2, 0.25) is 0 Å². The number of rotatable bonds is 6. The van der Waals surface area contributed by atoms with Crippen molar-refractivity contribution in [2.75, 3.05) is 10.0 Å². The van der Waals surface area contributed by atoms with Crippen LogP contribution in [0.15, 0.2) is 89.8 Å². The molecule has 0 fully saturated rings. The Bertz CT molecular complexity index is 1540. The third kappa shape index (κ3) is 6.78. The van der Waals surface area contributed by atoms with Gasteiger partial charge in [-0.1, -0.05) is 12.1 Å². The van der Waals surface area contributed by atoms with E-state index >= 15 is 0 Å². The standard InChI is InChI=1S/C27H17F7N2O3S/c28-20-5-8-22(9-6-20)40(39)36-23-14-21(7-10-24(23)37)35-25(38)16-3-1-15(2-4-16)17-11-18(26(29,30)31)13-19(12-17)27(32,33)34/h1-14,36-37H,(H,35,38). The molecule has 0 heterocycles. The van der Waals surface area contributed by atoms with E-state index in [9.17, 15) is 44.8 Å². The van der Waals surface area contributed by atoms with Gasteiger partial charge in [-0.3, -0.25) is 9.52 Å². The Balaban J connectivity index is 1.52. The van der Waals surface area contributed by atoms with Crippen molar-refractivity contribution in [3.63, 3.8) is 0 Å². The van der Waals surface area contributed by atoms with Crippen LogP contribution in [0.1, 0.15) is 21.5 Å². The van der Waals surface area contributed by atoms with Gasteiger partial charge < -0.3 is 10.4 Å². The van der Waals surface area contributed by atoms with Crippen molar-refractivity contribution in [1.82, 2.24) is 0 Å². The maximum Gasteiger partial charge on any atom is 0.416 e. The highest BCUT2D eigenvalue weighted by atomic mass is 32.2. The summed E-state index contributed by atoms with van der Waals surface area (Å²) < 4.78 is 107. The molecule has 0 aliphatic heterocycles. The summed E-state index contributed by atoms with van der Waals surface area (Å²) in [6.07, 6.45) is -10.0. The lowest BCUT2D eigenvalue weighted by molar-refractivity contribution is -0.143. The van der Waals surface area contributed by atoms with Gasteiger partial charge in [-0.05, 0) is 83.9 Å². The molecule has 0 aliphatic carbocycles. The van der Waals surface area contributed by atoms with Crippen LogP contribution >= 0.6 is 0 Å². The van der Waals surface area contributed by atoms with Crippen LogP contribution in [0.5, 0.6) is 5.75 Å². The van der Waals surface area contributed by atoms with Crippen molar-refractivity contribution in [1.29, 1.82) is 0 Å². The molecule has 4 aromatic rings. The normalized spacial score (nSPS) is 12.6. The molecule has 0 aromatic heterocycles. The maximum atomic E-state index is 13.2. The van der Waals surface area contributed by atoms with Gasteiger partial charge in [0.1, 0.15) is 22.6 Å². The smallest absolute Gasteiger partial charge is 0.416 e. The molecule has 4 aromatic carbocycles. The fourth-order valence-electron chi connectivity index (χ4n) is 3.55. The van der Waals surface area contributed by atoms with E-state index in [1.807, 2.05) is 0 Å². The number of nitrogens with one attached hydrogen (secondary N) is 2. The van der Waals surface area contributed by atoms with Crippen molar-refractivity contribution >= 4 is 28.3 Å². The molecule has 0 saturated heterocycles. The van der Waals surface area contributed by atoms with E-state index in [2.05, 4.69) is 10.0 Å². The molecule has 4 rings (SSSR count). The largest absolute Gasteiger partial charge is 0.506 e. The van der Waals surface area contributed by atoms with Crippen LogP contribution in [0.25, 0.3) is 11.1 Å². The Morgan fingerprint density at radius 2 is 1.30 bits per heavy atom. The van der Waals surface area contributed by atoms with Crippen LogP contribution in [0.4, 0.5) is 42.1 Å². The number of alkyl halides is 6. The summed E-state index contributed by atoms with van der Waals surface area (Å²) in [6, 6.07) is 14.7. The minimum absolute atomic E-state index is 0.0131. The van der Waals surface area contributed by atoms with Gasteiger partial charge >= 0.3 is 12.4 Å². The number of hydrogen-bond donors (Lipinski definition) is 3. The third-order valence-electron chi connectivity index (χ3n) is 5.55. The summed E-state index contributed by atoms with van der Waals surface area (Å²) in [6.45, 7) is 0. The Kier molecular flexibility index (Phi) is 7.87. The highest BCUT2D eigenvalue weighted by Gasteiger charge is 2.37. The van der Waals surface area contributed by atoms with Crippen LogP contribution in [0.3, 0.4) is 0 Å². The topological polar surface area (TPSA) is 78.4 Å². The quantitative estimate of drug-likeness (QED) is 0.124. The molecule has 0 saturated carbocycles. The average molecular weight is 582 g/mol. The number of carbonyl (C=O) groups is 1.